The van der Waals surface area contributed by atoms with E-state index in [1.54, 1.807) is 12.1 Å². The van der Waals surface area contributed by atoms with Crippen LogP contribution in [0.2, 0.25) is 0 Å². The zero-order valence-electron chi connectivity index (χ0n) is 9.53. The lowest BCUT2D eigenvalue weighted by atomic mass is 9.95. The molecule has 0 amide bonds. The number of Topliss-reactive ketones (excluding diaryl/α,β-unsaturated/α-hetero) is 2. The third-order valence-electron chi connectivity index (χ3n) is 3.05. The Morgan fingerprint density at radius 3 is 2.82 bits per heavy atom. The maximum atomic E-state index is 12.3. The minimum Gasteiger partial charge on any atom is -0.496 e. The summed E-state index contributed by atoms with van der Waals surface area (Å²) >= 11 is 3.32. The van der Waals surface area contributed by atoms with Crippen LogP contribution in [0.15, 0.2) is 22.7 Å². The summed E-state index contributed by atoms with van der Waals surface area (Å²) in [5.41, 5.74) is 0.488. The van der Waals surface area contributed by atoms with Gasteiger partial charge in [-0.2, -0.15) is 0 Å². The fourth-order valence-corrected chi connectivity index (χ4v) is 2.51. The average molecular weight is 297 g/mol. The molecule has 0 radical (unpaired) electrons. The van der Waals surface area contributed by atoms with Crippen molar-refractivity contribution in [1.82, 2.24) is 0 Å². The molecule has 90 valence electrons. The molecule has 1 aromatic rings. The van der Waals surface area contributed by atoms with Gasteiger partial charge in [0, 0.05) is 10.9 Å². The molecule has 0 aromatic heterocycles. The smallest absolute Gasteiger partial charge is 0.177 e. The summed E-state index contributed by atoms with van der Waals surface area (Å²) in [5.74, 6) is -0.0150. The highest BCUT2D eigenvalue weighted by Crippen LogP contribution is 2.30. The third kappa shape index (κ3) is 2.41. The number of halogens is 1. The summed E-state index contributed by atoms with van der Waals surface area (Å²) < 4.78 is 5.98. The minimum atomic E-state index is -0.474. The van der Waals surface area contributed by atoms with Crippen molar-refractivity contribution in [1.29, 1.82) is 0 Å². The van der Waals surface area contributed by atoms with Gasteiger partial charge < -0.3 is 4.74 Å². The highest BCUT2D eigenvalue weighted by atomic mass is 79.9. The molecular weight excluding hydrogens is 284 g/mol. The van der Waals surface area contributed by atoms with Gasteiger partial charge in [0.2, 0.25) is 0 Å². The fourth-order valence-electron chi connectivity index (χ4n) is 2.15. The standard InChI is InChI=1S/C13H13BrO3/c1-17-12-6-5-8(14)7-10(12)13(16)9-3-2-4-11(9)15/h5-7,9H,2-4H2,1H3. The summed E-state index contributed by atoms with van der Waals surface area (Å²) in [6.07, 6.45) is 1.99. The molecular formula is C13H13BrO3. The van der Waals surface area contributed by atoms with Crippen LogP contribution in [-0.2, 0) is 4.79 Å². The van der Waals surface area contributed by atoms with Gasteiger partial charge in [0.25, 0.3) is 0 Å². The first-order chi connectivity index (χ1) is 8.13. The van der Waals surface area contributed by atoms with Crippen LogP contribution in [0, 0.1) is 5.92 Å². The van der Waals surface area contributed by atoms with Crippen molar-refractivity contribution < 1.29 is 14.3 Å². The zero-order valence-corrected chi connectivity index (χ0v) is 11.1. The number of benzene rings is 1. The Hall–Kier alpha value is -1.16. The second-order valence-electron chi connectivity index (χ2n) is 4.12. The molecule has 0 bridgehead atoms. The Balaban J connectivity index is 2.35. The first-order valence-electron chi connectivity index (χ1n) is 5.54. The lowest BCUT2D eigenvalue weighted by Gasteiger charge is -2.11. The van der Waals surface area contributed by atoms with Crippen LogP contribution in [0.25, 0.3) is 0 Å². The van der Waals surface area contributed by atoms with Crippen molar-refractivity contribution in [2.75, 3.05) is 7.11 Å². The van der Waals surface area contributed by atoms with Gasteiger partial charge in [0.05, 0.1) is 18.6 Å². The molecule has 1 fully saturated rings. The molecule has 17 heavy (non-hydrogen) atoms. The van der Waals surface area contributed by atoms with E-state index in [1.165, 1.54) is 7.11 Å². The van der Waals surface area contributed by atoms with Gasteiger partial charge in [-0.15, -0.1) is 0 Å². The highest BCUT2D eigenvalue weighted by Gasteiger charge is 2.32. The summed E-state index contributed by atoms with van der Waals surface area (Å²) in [7, 11) is 1.52. The van der Waals surface area contributed by atoms with Gasteiger partial charge in [0.1, 0.15) is 11.5 Å². The Morgan fingerprint density at radius 1 is 1.47 bits per heavy atom. The lowest BCUT2D eigenvalue weighted by molar-refractivity contribution is -0.119. The van der Waals surface area contributed by atoms with E-state index in [9.17, 15) is 9.59 Å². The Morgan fingerprint density at radius 2 is 2.24 bits per heavy atom. The third-order valence-corrected chi connectivity index (χ3v) is 3.54. The summed E-state index contributed by atoms with van der Waals surface area (Å²) in [6.45, 7) is 0. The van der Waals surface area contributed by atoms with E-state index in [4.69, 9.17) is 4.74 Å². The van der Waals surface area contributed by atoms with Crippen LogP contribution in [0.3, 0.4) is 0 Å². The molecule has 0 spiro atoms. The molecule has 0 N–H and O–H groups in total. The zero-order chi connectivity index (χ0) is 12.4. The van der Waals surface area contributed by atoms with Gasteiger partial charge in [-0.3, -0.25) is 9.59 Å². The molecule has 0 heterocycles. The van der Waals surface area contributed by atoms with E-state index in [2.05, 4.69) is 15.9 Å². The topological polar surface area (TPSA) is 43.4 Å². The van der Waals surface area contributed by atoms with Crippen molar-refractivity contribution in [2.45, 2.75) is 19.3 Å². The molecule has 3 nitrogen and oxygen atoms in total. The molecule has 1 unspecified atom stereocenters. The van der Waals surface area contributed by atoms with Gasteiger partial charge in [-0.05, 0) is 31.0 Å². The molecule has 1 saturated carbocycles. The Bertz CT molecular complexity index is 468. The second-order valence-corrected chi connectivity index (χ2v) is 5.04. The van der Waals surface area contributed by atoms with Crippen molar-refractivity contribution in [3.8, 4) is 5.75 Å². The van der Waals surface area contributed by atoms with Gasteiger partial charge in [-0.25, -0.2) is 0 Å². The molecule has 1 aromatic carbocycles. The van der Waals surface area contributed by atoms with Crippen molar-refractivity contribution in [3.05, 3.63) is 28.2 Å². The van der Waals surface area contributed by atoms with Crippen LogP contribution < -0.4 is 4.74 Å². The largest absolute Gasteiger partial charge is 0.496 e. The number of hydrogen-bond acceptors (Lipinski definition) is 3. The predicted octanol–water partition coefficient (Wildman–Crippen LogP) is 3.01. The Kier molecular flexibility index (Phi) is 3.62. The molecule has 1 aliphatic rings. The maximum absolute atomic E-state index is 12.3. The normalized spacial score (nSPS) is 19.4. The van der Waals surface area contributed by atoms with E-state index < -0.39 is 5.92 Å². The molecule has 2 rings (SSSR count). The second kappa shape index (κ2) is 5.00. The minimum absolute atomic E-state index is 0.0528. The van der Waals surface area contributed by atoms with Gasteiger partial charge in [0.15, 0.2) is 5.78 Å². The number of carbonyl (C=O) groups excluding carboxylic acids is 2. The number of rotatable bonds is 3. The van der Waals surface area contributed by atoms with E-state index >= 15 is 0 Å². The lowest BCUT2D eigenvalue weighted by Crippen LogP contribution is -2.19. The van der Waals surface area contributed by atoms with Crippen LogP contribution in [0.5, 0.6) is 5.75 Å². The van der Waals surface area contributed by atoms with E-state index in [-0.39, 0.29) is 11.6 Å². The predicted molar refractivity (Wildman–Crippen MR) is 67.4 cm³/mol. The Labute approximate surface area is 108 Å². The number of hydrogen-bond donors (Lipinski definition) is 0. The first-order valence-corrected chi connectivity index (χ1v) is 6.33. The molecule has 1 aliphatic carbocycles. The van der Waals surface area contributed by atoms with Gasteiger partial charge >= 0.3 is 0 Å². The number of carbonyl (C=O) groups is 2. The van der Waals surface area contributed by atoms with Gasteiger partial charge in [-0.1, -0.05) is 15.9 Å². The van der Waals surface area contributed by atoms with Crippen molar-refractivity contribution >= 4 is 27.5 Å². The summed E-state index contributed by atoms with van der Waals surface area (Å²) in [5, 5.41) is 0. The van der Waals surface area contributed by atoms with Crippen molar-refractivity contribution in [3.63, 3.8) is 0 Å². The van der Waals surface area contributed by atoms with E-state index in [1.807, 2.05) is 6.07 Å². The SMILES string of the molecule is COc1ccc(Br)cc1C(=O)C1CCCC1=O. The number of methoxy groups -OCH3 is 1. The van der Waals surface area contributed by atoms with Crippen LogP contribution in [0.4, 0.5) is 0 Å². The fraction of sp³-hybridized carbons (Fsp3) is 0.385. The van der Waals surface area contributed by atoms with Crippen LogP contribution >= 0.6 is 15.9 Å². The molecule has 0 aliphatic heterocycles. The highest BCUT2D eigenvalue weighted by molar-refractivity contribution is 9.10. The molecule has 0 saturated heterocycles. The average Bonchev–Trinajstić information content (AvgIpc) is 2.74. The summed E-state index contributed by atoms with van der Waals surface area (Å²) in [4.78, 5) is 23.9. The van der Waals surface area contributed by atoms with E-state index in [0.29, 0.717) is 24.2 Å². The van der Waals surface area contributed by atoms with E-state index in [0.717, 1.165) is 10.9 Å². The summed E-state index contributed by atoms with van der Waals surface area (Å²) in [6, 6.07) is 5.26. The monoisotopic (exact) mass is 296 g/mol. The van der Waals surface area contributed by atoms with Crippen LogP contribution in [-0.4, -0.2) is 18.7 Å². The quantitative estimate of drug-likeness (QED) is 0.636. The molecule has 4 heteroatoms. The number of ketones is 2. The van der Waals surface area contributed by atoms with Crippen LogP contribution in [0.1, 0.15) is 29.6 Å². The maximum Gasteiger partial charge on any atom is 0.177 e. The first kappa shape index (κ1) is 12.3. The van der Waals surface area contributed by atoms with Crippen molar-refractivity contribution in [2.24, 2.45) is 5.92 Å². The number of ether oxygens (including phenoxy) is 1. The molecule has 1 atom stereocenters.